The summed E-state index contributed by atoms with van der Waals surface area (Å²) in [4.78, 5) is 5.48. The third-order valence-electron chi connectivity index (χ3n) is 5.98. The topological polar surface area (TPSA) is 18.5 Å². The van der Waals surface area contributed by atoms with Crippen LogP contribution in [-0.2, 0) is 0 Å². The second-order valence-electron chi connectivity index (χ2n) is 7.29. The Bertz CT molecular complexity index is 307. The Morgan fingerprint density at radius 2 is 1.90 bits per heavy atom. The molecule has 0 aromatic rings. The summed E-state index contributed by atoms with van der Waals surface area (Å²) in [7, 11) is 2.34. The Morgan fingerprint density at radius 1 is 1.00 bits per heavy atom. The van der Waals surface area contributed by atoms with Gasteiger partial charge in [0.05, 0.1) is 0 Å². The molecule has 3 nitrogen and oxygen atoms in total. The van der Waals surface area contributed by atoms with Crippen LogP contribution in [0, 0.1) is 5.92 Å². The number of hydrogen-bond acceptors (Lipinski definition) is 3. The molecule has 0 amide bonds. The fourth-order valence-corrected chi connectivity index (χ4v) is 4.93. The molecule has 20 heavy (non-hydrogen) atoms. The molecule has 3 rings (SSSR count). The van der Waals surface area contributed by atoms with E-state index in [0.29, 0.717) is 0 Å². The molecule has 0 spiro atoms. The van der Waals surface area contributed by atoms with Crippen LogP contribution in [0.15, 0.2) is 0 Å². The van der Waals surface area contributed by atoms with Gasteiger partial charge in [-0.1, -0.05) is 13.3 Å². The summed E-state index contributed by atoms with van der Waals surface area (Å²) in [6.45, 7) is 7.50. The highest BCUT2D eigenvalue weighted by molar-refractivity contribution is 4.96. The van der Waals surface area contributed by atoms with Gasteiger partial charge in [0.25, 0.3) is 0 Å². The minimum Gasteiger partial charge on any atom is -0.312 e. The van der Waals surface area contributed by atoms with E-state index in [9.17, 15) is 0 Å². The lowest BCUT2D eigenvalue weighted by atomic mass is 9.83. The van der Waals surface area contributed by atoms with Crippen molar-refractivity contribution in [3.8, 4) is 0 Å². The lowest BCUT2D eigenvalue weighted by molar-refractivity contribution is 0.0162. The maximum absolute atomic E-state index is 3.81. The smallest absolute Gasteiger partial charge is 0.0249 e. The van der Waals surface area contributed by atoms with Crippen LogP contribution >= 0.6 is 0 Å². The Labute approximate surface area is 125 Å². The highest BCUT2D eigenvalue weighted by Crippen LogP contribution is 2.33. The summed E-state index contributed by atoms with van der Waals surface area (Å²) < 4.78 is 0. The SMILES string of the molecule is CCCNC1CCCC1N1CCC2C(CCCN2C)C1. The minimum absolute atomic E-state index is 0.771. The molecule has 2 aliphatic heterocycles. The van der Waals surface area contributed by atoms with Crippen molar-refractivity contribution in [2.45, 2.75) is 70.0 Å². The summed E-state index contributed by atoms with van der Waals surface area (Å²) in [5.41, 5.74) is 0. The van der Waals surface area contributed by atoms with Crippen molar-refractivity contribution >= 4 is 0 Å². The molecule has 1 saturated carbocycles. The van der Waals surface area contributed by atoms with E-state index >= 15 is 0 Å². The Morgan fingerprint density at radius 3 is 2.75 bits per heavy atom. The first-order chi connectivity index (χ1) is 9.79. The van der Waals surface area contributed by atoms with E-state index in [1.54, 1.807) is 0 Å². The second-order valence-corrected chi connectivity index (χ2v) is 7.29. The first kappa shape index (κ1) is 14.8. The lowest BCUT2D eigenvalue weighted by Gasteiger charge is -2.48. The van der Waals surface area contributed by atoms with Crippen molar-refractivity contribution in [2.75, 3.05) is 33.2 Å². The van der Waals surface area contributed by atoms with Gasteiger partial charge in [-0.05, 0) is 64.6 Å². The molecule has 3 fully saturated rings. The van der Waals surface area contributed by atoms with E-state index in [0.717, 1.165) is 24.0 Å². The van der Waals surface area contributed by atoms with E-state index in [1.165, 1.54) is 71.1 Å². The first-order valence-electron chi connectivity index (χ1n) is 8.97. The van der Waals surface area contributed by atoms with Gasteiger partial charge < -0.3 is 10.2 Å². The predicted molar refractivity (Wildman–Crippen MR) is 85.1 cm³/mol. The molecule has 2 saturated heterocycles. The molecule has 0 radical (unpaired) electrons. The molecular formula is C17H33N3. The van der Waals surface area contributed by atoms with Crippen molar-refractivity contribution in [2.24, 2.45) is 5.92 Å². The quantitative estimate of drug-likeness (QED) is 0.852. The van der Waals surface area contributed by atoms with Gasteiger partial charge in [-0.25, -0.2) is 0 Å². The fourth-order valence-electron chi connectivity index (χ4n) is 4.93. The van der Waals surface area contributed by atoms with E-state index in [2.05, 4.69) is 29.1 Å². The molecule has 1 aliphatic carbocycles. The molecule has 3 heteroatoms. The minimum atomic E-state index is 0.771. The predicted octanol–water partition coefficient (Wildman–Crippen LogP) is 2.32. The zero-order valence-electron chi connectivity index (χ0n) is 13.5. The van der Waals surface area contributed by atoms with Crippen LogP contribution in [0.4, 0.5) is 0 Å². The zero-order chi connectivity index (χ0) is 13.9. The summed E-state index contributed by atoms with van der Waals surface area (Å²) in [5, 5.41) is 3.81. The molecule has 4 unspecified atom stereocenters. The van der Waals surface area contributed by atoms with Gasteiger partial charge in [-0.3, -0.25) is 4.90 Å². The highest BCUT2D eigenvalue weighted by atomic mass is 15.2. The van der Waals surface area contributed by atoms with Crippen molar-refractivity contribution < 1.29 is 0 Å². The van der Waals surface area contributed by atoms with Crippen LogP contribution in [0.25, 0.3) is 0 Å². The average Bonchev–Trinajstić information content (AvgIpc) is 2.93. The Balaban J connectivity index is 1.58. The van der Waals surface area contributed by atoms with E-state index < -0.39 is 0 Å². The molecule has 0 aromatic carbocycles. The van der Waals surface area contributed by atoms with Crippen molar-refractivity contribution in [1.29, 1.82) is 0 Å². The van der Waals surface area contributed by atoms with Gasteiger partial charge >= 0.3 is 0 Å². The van der Waals surface area contributed by atoms with Crippen LogP contribution in [0.2, 0.25) is 0 Å². The largest absolute Gasteiger partial charge is 0.312 e. The standard InChI is InChI=1S/C17H33N3/c1-3-10-18-15-7-4-8-17(15)20-12-9-16-14(13-20)6-5-11-19(16)2/h14-18H,3-13H2,1-2H3. The first-order valence-corrected chi connectivity index (χ1v) is 8.97. The van der Waals surface area contributed by atoms with E-state index in [-0.39, 0.29) is 0 Å². The normalized spacial score (nSPS) is 39.9. The molecule has 4 atom stereocenters. The third kappa shape index (κ3) is 3.05. The second kappa shape index (κ2) is 6.76. The maximum atomic E-state index is 3.81. The van der Waals surface area contributed by atoms with Crippen LogP contribution in [0.1, 0.15) is 51.9 Å². The number of hydrogen-bond donors (Lipinski definition) is 1. The molecule has 0 bridgehead atoms. The summed E-state index contributed by atoms with van der Waals surface area (Å²) in [6, 6.07) is 2.48. The van der Waals surface area contributed by atoms with Crippen LogP contribution < -0.4 is 5.32 Å². The van der Waals surface area contributed by atoms with Gasteiger partial charge in [0.15, 0.2) is 0 Å². The number of nitrogens with zero attached hydrogens (tertiary/aromatic N) is 2. The molecule has 0 aromatic heterocycles. The van der Waals surface area contributed by atoms with Gasteiger partial charge in [-0.2, -0.15) is 0 Å². The monoisotopic (exact) mass is 279 g/mol. The Kier molecular flexibility index (Phi) is 5.00. The molecule has 116 valence electrons. The van der Waals surface area contributed by atoms with E-state index in [4.69, 9.17) is 0 Å². The number of piperidine rings is 2. The van der Waals surface area contributed by atoms with Gasteiger partial charge in [0, 0.05) is 31.2 Å². The summed E-state index contributed by atoms with van der Waals surface area (Å²) in [6.07, 6.45) is 9.79. The fraction of sp³-hybridized carbons (Fsp3) is 1.00. The van der Waals surface area contributed by atoms with Gasteiger partial charge in [-0.15, -0.1) is 0 Å². The maximum Gasteiger partial charge on any atom is 0.0249 e. The highest BCUT2D eigenvalue weighted by Gasteiger charge is 2.39. The zero-order valence-corrected chi connectivity index (χ0v) is 13.5. The van der Waals surface area contributed by atoms with Crippen molar-refractivity contribution in [3.63, 3.8) is 0 Å². The van der Waals surface area contributed by atoms with Crippen LogP contribution in [0.3, 0.4) is 0 Å². The van der Waals surface area contributed by atoms with Crippen molar-refractivity contribution in [3.05, 3.63) is 0 Å². The Hall–Kier alpha value is -0.120. The lowest BCUT2D eigenvalue weighted by Crippen LogP contribution is -2.57. The summed E-state index contributed by atoms with van der Waals surface area (Å²) >= 11 is 0. The van der Waals surface area contributed by atoms with Crippen LogP contribution in [0.5, 0.6) is 0 Å². The number of rotatable bonds is 4. The number of nitrogens with one attached hydrogen (secondary N) is 1. The molecular weight excluding hydrogens is 246 g/mol. The molecule has 1 N–H and O–H groups in total. The van der Waals surface area contributed by atoms with Crippen molar-refractivity contribution in [1.82, 2.24) is 15.1 Å². The molecule has 2 heterocycles. The van der Waals surface area contributed by atoms with E-state index in [1.807, 2.05) is 0 Å². The average molecular weight is 279 g/mol. The third-order valence-corrected chi connectivity index (χ3v) is 5.98. The number of likely N-dealkylation sites (tertiary alicyclic amines) is 2. The van der Waals surface area contributed by atoms with Gasteiger partial charge in [0.2, 0.25) is 0 Å². The van der Waals surface area contributed by atoms with Crippen LogP contribution in [-0.4, -0.2) is 61.2 Å². The van der Waals surface area contributed by atoms with Gasteiger partial charge in [0.1, 0.15) is 0 Å². The molecule has 3 aliphatic rings. The summed E-state index contributed by atoms with van der Waals surface area (Å²) in [5.74, 6) is 0.940. The number of fused-ring (bicyclic) bond motifs is 1.